The molecule has 3 heteroatoms. The SMILES string of the molecule is CCC(CC)(CCO)C(=O)NCC(C)C. The molecule has 0 aromatic carbocycles. The maximum atomic E-state index is 12.0. The molecular formula is C12H25NO2. The van der Waals surface area contributed by atoms with Gasteiger partial charge in [0.05, 0.1) is 5.41 Å². The smallest absolute Gasteiger partial charge is 0.226 e. The first-order valence-electron chi connectivity index (χ1n) is 5.91. The van der Waals surface area contributed by atoms with Crippen molar-refractivity contribution in [1.82, 2.24) is 5.32 Å². The fourth-order valence-electron chi connectivity index (χ4n) is 1.74. The molecule has 0 saturated heterocycles. The van der Waals surface area contributed by atoms with Crippen LogP contribution in [0, 0.1) is 11.3 Å². The number of carbonyl (C=O) groups excluding carboxylic acids is 1. The van der Waals surface area contributed by atoms with Crippen LogP contribution in [0.4, 0.5) is 0 Å². The van der Waals surface area contributed by atoms with E-state index >= 15 is 0 Å². The molecule has 3 nitrogen and oxygen atoms in total. The summed E-state index contributed by atoms with van der Waals surface area (Å²) in [7, 11) is 0. The fraction of sp³-hybridized carbons (Fsp3) is 0.917. The quantitative estimate of drug-likeness (QED) is 0.682. The Balaban J connectivity index is 4.40. The Kier molecular flexibility index (Phi) is 6.57. The molecule has 0 spiro atoms. The van der Waals surface area contributed by atoms with Crippen molar-refractivity contribution in [3.8, 4) is 0 Å². The van der Waals surface area contributed by atoms with Crippen LogP contribution in [-0.4, -0.2) is 24.2 Å². The number of nitrogens with one attached hydrogen (secondary N) is 1. The lowest BCUT2D eigenvalue weighted by molar-refractivity contribution is -0.132. The van der Waals surface area contributed by atoms with Crippen molar-refractivity contribution in [2.75, 3.05) is 13.2 Å². The summed E-state index contributed by atoms with van der Waals surface area (Å²) in [4.78, 5) is 12.0. The van der Waals surface area contributed by atoms with E-state index in [4.69, 9.17) is 5.11 Å². The monoisotopic (exact) mass is 215 g/mol. The summed E-state index contributed by atoms with van der Waals surface area (Å²) in [6.07, 6.45) is 2.13. The zero-order valence-corrected chi connectivity index (χ0v) is 10.5. The summed E-state index contributed by atoms with van der Waals surface area (Å²) < 4.78 is 0. The van der Waals surface area contributed by atoms with E-state index in [9.17, 15) is 4.79 Å². The number of rotatable bonds is 7. The minimum atomic E-state index is -0.371. The van der Waals surface area contributed by atoms with Crippen molar-refractivity contribution in [1.29, 1.82) is 0 Å². The van der Waals surface area contributed by atoms with Gasteiger partial charge < -0.3 is 10.4 Å². The van der Waals surface area contributed by atoms with Crippen molar-refractivity contribution in [2.45, 2.75) is 47.0 Å². The zero-order valence-electron chi connectivity index (χ0n) is 10.5. The molecule has 0 bridgehead atoms. The highest BCUT2D eigenvalue weighted by Gasteiger charge is 2.33. The lowest BCUT2D eigenvalue weighted by Crippen LogP contribution is -2.42. The van der Waals surface area contributed by atoms with Gasteiger partial charge in [-0.1, -0.05) is 27.7 Å². The Bertz CT molecular complexity index is 186. The van der Waals surface area contributed by atoms with Gasteiger partial charge in [-0.05, 0) is 25.2 Å². The van der Waals surface area contributed by atoms with E-state index in [0.29, 0.717) is 18.9 Å². The van der Waals surface area contributed by atoms with E-state index in [1.807, 2.05) is 13.8 Å². The van der Waals surface area contributed by atoms with Crippen molar-refractivity contribution < 1.29 is 9.90 Å². The first-order chi connectivity index (χ1) is 7.02. The third kappa shape index (κ3) is 4.20. The van der Waals surface area contributed by atoms with Crippen LogP contribution in [0.15, 0.2) is 0 Å². The second-order valence-electron chi connectivity index (χ2n) is 4.56. The lowest BCUT2D eigenvalue weighted by atomic mass is 9.78. The van der Waals surface area contributed by atoms with E-state index in [2.05, 4.69) is 19.2 Å². The molecule has 0 rings (SSSR count). The van der Waals surface area contributed by atoms with Gasteiger partial charge in [0.15, 0.2) is 0 Å². The Hall–Kier alpha value is -0.570. The second-order valence-corrected chi connectivity index (χ2v) is 4.56. The van der Waals surface area contributed by atoms with Crippen LogP contribution in [-0.2, 0) is 4.79 Å². The van der Waals surface area contributed by atoms with E-state index in [1.54, 1.807) is 0 Å². The molecule has 0 fully saturated rings. The predicted octanol–water partition coefficient (Wildman–Crippen LogP) is 1.95. The number of aliphatic hydroxyl groups excluding tert-OH is 1. The largest absolute Gasteiger partial charge is 0.396 e. The highest BCUT2D eigenvalue weighted by Crippen LogP contribution is 2.30. The van der Waals surface area contributed by atoms with Gasteiger partial charge in [-0.15, -0.1) is 0 Å². The fourth-order valence-corrected chi connectivity index (χ4v) is 1.74. The summed E-state index contributed by atoms with van der Waals surface area (Å²) in [6.45, 7) is 8.96. The molecule has 0 aromatic heterocycles. The average molecular weight is 215 g/mol. The molecule has 0 radical (unpaired) electrons. The van der Waals surface area contributed by atoms with E-state index in [-0.39, 0.29) is 17.9 Å². The molecule has 0 unspecified atom stereocenters. The summed E-state index contributed by atoms with van der Waals surface area (Å²) in [5.41, 5.74) is -0.371. The van der Waals surface area contributed by atoms with Gasteiger partial charge in [-0.3, -0.25) is 4.79 Å². The maximum absolute atomic E-state index is 12.0. The Morgan fingerprint density at radius 3 is 2.20 bits per heavy atom. The summed E-state index contributed by atoms with van der Waals surface area (Å²) >= 11 is 0. The van der Waals surface area contributed by atoms with E-state index in [1.165, 1.54) is 0 Å². The van der Waals surface area contributed by atoms with Gasteiger partial charge in [0, 0.05) is 13.2 Å². The summed E-state index contributed by atoms with van der Waals surface area (Å²) in [5, 5.41) is 12.0. The number of hydrogen-bond donors (Lipinski definition) is 2. The van der Waals surface area contributed by atoms with Crippen molar-refractivity contribution in [2.24, 2.45) is 11.3 Å². The molecule has 0 aromatic rings. The van der Waals surface area contributed by atoms with Crippen LogP contribution in [0.5, 0.6) is 0 Å². The number of carbonyl (C=O) groups is 1. The number of amides is 1. The number of hydrogen-bond acceptors (Lipinski definition) is 2. The third-order valence-electron chi connectivity index (χ3n) is 3.10. The molecule has 0 aliphatic heterocycles. The molecule has 1 amide bonds. The van der Waals surface area contributed by atoms with E-state index in [0.717, 1.165) is 12.8 Å². The molecule has 2 N–H and O–H groups in total. The molecule has 0 atom stereocenters. The highest BCUT2D eigenvalue weighted by molar-refractivity contribution is 5.82. The van der Waals surface area contributed by atoms with Crippen LogP contribution in [0.2, 0.25) is 0 Å². The average Bonchev–Trinajstić information content (AvgIpc) is 2.22. The van der Waals surface area contributed by atoms with E-state index < -0.39 is 0 Å². The second kappa shape index (κ2) is 6.83. The predicted molar refractivity (Wildman–Crippen MR) is 62.6 cm³/mol. The Morgan fingerprint density at radius 1 is 1.33 bits per heavy atom. The minimum Gasteiger partial charge on any atom is -0.396 e. The Morgan fingerprint density at radius 2 is 1.87 bits per heavy atom. The topological polar surface area (TPSA) is 49.3 Å². The van der Waals surface area contributed by atoms with Crippen LogP contribution >= 0.6 is 0 Å². The van der Waals surface area contributed by atoms with Gasteiger partial charge in [0.1, 0.15) is 0 Å². The lowest BCUT2D eigenvalue weighted by Gasteiger charge is -2.29. The molecular weight excluding hydrogens is 190 g/mol. The molecule has 0 saturated carbocycles. The first-order valence-corrected chi connectivity index (χ1v) is 5.91. The van der Waals surface area contributed by atoms with Gasteiger partial charge in [-0.25, -0.2) is 0 Å². The standard InChI is InChI=1S/C12H25NO2/c1-5-12(6-2,7-8-14)11(15)13-9-10(3)4/h10,14H,5-9H2,1-4H3,(H,13,15). The van der Waals surface area contributed by atoms with Crippen molar-refractivity contribution in [3.63, 3.8) is 0 Å². The molecule has 0 aliphatic rings. The highest BCUT2D eigenvalue weighted by atomic mass is 16.3. The van der Waals surface area contributed by atoms with Crippen LogP contribution in [0.1, 0.15) is 47.0 Å². The number of aliphatic hydroxyl groups is 1. The van der Waals surface area contributed by atoms with Crippen LogP contribution < -0.4 is 5.32 Å². The first kappa shape index (κ1) is 14.4. The summed E-state index contributed by atoms with van der Waals surface area (Å²) in [6, 6.07) is 0. The van der Waals surface area contributed by atoms with Gasteiger partial charge in [-0.2, -0.15) is 0 Å². The maximum Gasteiger partial charge on any atom is 0.226 e. The molecule has 15 heavy (non-hydrogen) atoms. The molecule has 90 valence electrons. The minimum absolute atomic E-state index is 0.0801. The molecule has 0 heterocycles. The van der Waals surface area contributed by atoms with Gasteiger partial charge in [0.25, 0.3) is 0 Å². The zero-order chi connectivity index (χ0) is 11.9. The van der Waals surface area contributed by atoms with Gasteiger partial charge >= 0.3 is 0 Å². The normalized spacial score (nSPS) is 11.9. The Labute approximate surface area is 93.3 Å². The van der Waals surface area contributed by atoms with Crippen LogP contribution in [0.25, 0.3) is 0 Å². The summed E-state index contributed by atoms with van der Waals surface area (Å²) in [5.74, 6) is 0.560. The van der Waals surface area contributed by atoms with Crippen molar-refractivity contribution >= 4 is 5.91 Å². The molecule has 0 aliphatic carbocycles. The van der Waals surface area contributed by atoms with Crippen molar-refractivity contribution in [3.05, 3.63) is 0 Å². The van der Waals surface area contributed by atoms with Crippen LogP contribution in [0.3, 0.4) is 0 Å². The third-order valence-corrected chi connectivity index (χ3v) is 3.10. The van der Waals surface area contributed by atoms with Gasteiger partial charge in [0.2, 0.25) is 5.91 Å².